The van der Waals surface area contributed by atoms with Crippen LogP contribution in [0.4, 0.5) is 4.79 Å². The van der Waals surface area contributed by atoms with E-state index in [0.717, 1.165) is 0 Å². The first-order chi connectivity index (χ1) is 7.64. The molecule has 1 unspecified atom stereocenters. The number of hydrogen-bond acceptors (Lipinski definition) is 2. The Kier molecular flexibility index (Phi) is 3.41. The molecule has 1 aliphatic carbocycles. The summed E-state index contributed by atoms with van der Waals surface area (Å²) in [5, 5.41) is 14.1. The lowest BCUT2D eigenvalue weighted by Gasteiger charge is -2.14. The van der Waals surface area contributed by atoms with Crippen LogP contribution in [0.5, 0.6) is 0 Å². The van der Waals surface area contributed by atoms with Gasteiger partial charge in [0.2, 0.25) is 0 Å². The van der Waals surface area contributed by atoms with Crippen LogP contribution in [-0.4, -0.2) is 29.2 Å². The maximum atomic E-state index is 11.7. The number of carboxylic acids is 1. The highest BCUT2D eigenvalue weighted by atomic mass is 16.4. The van der Waals surface area contributed by atoms with Crippen molar-refractivity contribution >= 4 is 12.0 Å². The van der Waals surface area contributed by atoms with Crippen LogP contribution in [-0.2, 0) is 4.79 Å². The van der Waals surface area contributed by atoms with Crippen LogP contribution in [0, 0.1) is 10.8 Å². The van der Waals surface area contributed by atoms with E-state index in [9.17, 15) is 9.59 Å². The van der Waals surface area contributed by atoms with Crippen molar-refractivity contribution in [2.75, 3.05) is 0 Å². The molecule has 0 radical (unpaired) electrons. The average molecular weight is 242 g/mol. The van der Waals surface area contributed by atoms with Crippen LogP contribution in [0.3, 0.4) is 0 Å². The lowest BCUT2D eigenvalue weighted by molar-refractivity contribution is -0.139. The Hall–Kier alpha value is -1.26. The first-order valence-electron chi connectivity index (χ1n) is 5.94. The second-order valence-electron chi connectivity index (χ2n) is 5.79. The maximum Gasteiger partial charge on any atom is 0.326 e. The fraction of sp³-hybridized carbons (Fsp3) is 0.833. The summed E-state index contributed by atoms with van der Waals surface area (Å²) in [7, 11) is 0. The molecule has 0 aromatic heterocycles. The van der Waals surface area contributed by atoms with Crippen molar-refractivity contribution in [3.63, 3.8) is 0 Å². The quantitative estimate of drug-likeness (QED) is 0.700. The molecule has 2 amide bonds. The van der Waals surface area contributed by atoms with E-state index < -0.39 is 18.0 Å². The van der Waals surface area contributed by atoms with Gasteiger partial charge in [-0.2, -0.15) is 0 Å². The Labute approximate surface area is 102 Å². The van der Waals surface area contributed by atoms with Crippen molar-refractivity contribution in [1.82, 2.24) is 10.6 Å². The monoisotopic (exact) mass is 242 g/mol. The largest absolute Gasteiger partial charge is 0.480 e. The summed E-state index contributed by atoms with van der Waals surface area (Å²) in [6, 6.07) is -1.14. The van der Waals surface area contributed by atoms with Gasteiger partial charge in [0.25, 0.3) is 0 Å². The lowest BCUT2D eigenvalue weighted by atomic mass is 10.0. The van der Waals surface area contributed by atoms with Gasteiger partial charge in [-0.15, -0.1) is 0 Å². The molecule has 0 saturated heterocycles. The second kappa shape index (κ2) is 4.20. The zero-order valence-corrected chi connectivity index (χ0v) is 11.1. The smallest absolute Gasteiger partial charge is 0.326 e. The Morgan fingerprint density at radius 2 is 1.71 bits per heavy atom. The van der Waals surface area contributed by atoms with Gasteiger partial charge in [0, 0.05) is 6.04 Å². The van der Waals surface area contributed by atoms with E-state index in [1.165, 1.54) is 0 Å². The Morgan fingerprint density at radius 1 is 1.24 bits per heavy atom. The number of hydrogen-bond donors (Lipinski definition) is 3. The van der Waals surface area contributed by atoms with Crippen LogP contribution in [0.1, 0.15) is 41.0 Å². The van der Waals surface area contributed by atoms with Crippen LogP contribution in [0.25, 0.3) is 0 Å². The minimum absolute atomic E-state index is 0.0509. The third-order valence-corrected chi connectivity index (χ3v) is 4.31. The molecule has 1 saturated carbocycles. The van der Waals surface area contributed by atoms with E-state index >= 15 is 0 Å². The number of nitrogens with one attached hydrogen (secondary N) is 2. The third-order valence-electron chi connectivity index (χ3n) is 4.31. The van der Waals surface area contributed by atoms with Crippen LogP contribution >= 0.6 is 0 Å². The molecule has 1 atom stereocenters. The fourth-order valence-electron chi connectivity index (χ4n) is 2.23. The van der Waals surface area contributed by atoms with E-state index in [1.807, 2.05) is 0 Å². The first-order valence-corrected chi connectivity index (χ1v) is 5.94. The molecule has 0 bridgehead atoms. The maximum absolute atomic E-state index is 11.7. The number of urea groups is 1. The number of rotatable bonds is 4. The molecule has 17 heavy (non-hydrogen) atoms. The highest BCUT2D eigenvalue weighted by Crippen LogP contribution is 2.62. The molecular formula is C12H22N2O3. The minimum atomic E-state index is -1.00. The number of carbonyl (C=O) groups excluding carboxylic acids is 1. The second-order valence-corrected chi connectivity index (χ2v) is 5.79. The molecule has 1 fully saturated rings. The molecule has 5 nitrogen and oxygen atoms in total. The van der Waals surface area contributed by atoms with Crippen molar-refractivity contribution in [1.29, 1.82) is 0 Å². The number of aliphatic carboxylic acids is 1. The summed E-state index contributed by atoms with van der Waals surface area (Å²) in [6.07, 6.45) is 0.375. The van der Waals surface area contributed by atoms with Gasteiger partial charge in [-0.25, -0.2) is 9.59 Å². The normalized spacial score (nSPS) is 22.6. The SMILES string of the molecule is CCC(NC(=O)NC1C(C)(C)C1(C)C)C(=O)O. The predicted molar refractivity (Wildman–Crippen MR) is 64.7 cm³/mol. The molecule has 0 spiro atoms. The Morgan fingerprint density at radius 3 is 2.00 bits per heavy atom. The van der Waals surface area contributed by atoms with Gasteiger partial charge in [-0.1, -0.05) is 34.6 Å². The first kappa shape index (κ1) is 13.8. The van der Waals surface area contributed by atoms with Crippen molar-refractivity contribution in [2.45, 2.75) is 53.1 Å². The van der Waals surface area contributed by atoms with Crippen molar-refractivity contribution in [3.05, 3.63) is 0 Å². The molecule has 0 heterocycles. The Balaban J connectivity index is 2.50. The average Bonchev–Trinajstić information content (AvgIpc) is 2.57. The summed E-state index contributed by atoms with van der Waals surface area (Å²) in [4.78, 5) is 22.4. The van der Waals surface area contributed by atoms with Gasteiger partial charge in [-0.3, -0.25) is 0 Å². The minimum Gasteiger partial charge on any atom is -0.480 e. The van der Waals surface area contributed by atoms with Crippen LogP contribution in [0.2, 0.25) is 0 Å². The molecule has 3 N–H and O–H groups in total. The van der Waals surface area contributed by atoms with Crippen molar-refractivity contribution in [3.8, 4) is 0 Å². The number of carboxylic acid groups (broad SMARTS) is 1. The molecule has 0 aliphatic heterocycles. The highest BCUT2D eigenvalue weighted by Gasteiger charge is 2.65. The molecular weight excluding hydrogens is 220 g/mol. The topological polar surface area (TPSA) is 78.4 Å². The van der Waals surface area contributed by atoms with E-state index in [2.05, 4.69) is 38.3 Å². The molecule has 98 valence electrons. The van der Waals surface area contributed by atoms with Crippen molar-refractivity contribution in [2.24, 2.45) is 10.8 Å². The molecule has 5 heteroatoms. The molecule has 0 aromatic carbocycles. The lowest BCUT2D eigenvalue weighted by Crippen LogP contribution is -2.47. The van der Waals surface area contributed by atoms with Crippen LogP contribution in [0.15, 0.2) is 0 Å². The summed E-state index contributed by atoms with van der Waals surface area (Å²) in [6.45, 7) is 10.1. The van der Waals surface area contributed by atoms with Gasteiger partial charge in [0.1, 0.15) is 6.04 Å². The zero-order chi connectivity index (χ0) is 13.4. The third kappa shape index (κ3) is 2.37. The van der Waals surface area contributed by atoms with Crippen molar-refractivity contribution < 1.29 is 14.7 Å². The summed E-state index contributed by atoms with van der Waals surface area (Å²) >= 11 is 0. The number of carbonyl (C=O) groups is 2. The standard InChI is InChI=1S/C12H22N2O3/c1-6-7(8(15)16)13-10(17)14-9-11(2,3)12(9,4)5/h7,9H,6H2,1-5H3,(H,15,16)(H2,13,14,17). The van der Waals surface area contributed by atoms with E-state index in [0.29, 0.717) is 6.42 Å². The van der Waals surface area contributed by atoms with Gasteiger partial charge in [0.15, 0.2) is 0 Å². The summed E-state index contributed by atoms with van der Waals surface area (Å²) in [5.74, 6) is -1.00. The highest BCUT2D eigenvalue weighted by molar-refractivity contribution is 5.82. The predicted octanol–water partition coefficient (Wildman–Crippen LogP) is 1.58. The van der Waals surface area contributed by atoms with Crippen LogP contribution < -0.4 is 10.6 Å². The molecule has 1 aliphatic rings. The molecule has 1 rings (SSSR count). The van der Waals surface area contributed by atoms with Gasteiger partial charge in [-0.05, 0) is 17.3 Å². The zero-order valence-electron chi connectivity index (χ0n) is 11.1. The summed E-state index contributed by atoms with van der Waals surface area (Å²) in [5.41, 5.74) is 0.102. The Bertz CT molecular complexity index is 323. The number of amides is 2. The molecule has 0 aromatic rings. The van der Waals surface area contributed by atoms with Gasteiger partial charge >= 0.3 is 12.0 Å². The van der Waals surface area contributed by atoms with E-state index in [-0.39, 0.29) is 16.9 Å². The summed E-state index contributed by atoms with van der Waals surface area (Å²) < 4.78 is 0. The van der Waals surface area contributed by atoms with E-state index in [4.69, 9.17) is 5.11 Å². The van der Waals surface area contributed by atoms with Gasteiger partial charge in [0.05, 0.1) is 0 Å². The van der Waals surface area contributed by atoms with Gasteiger partial charge < -0.3 is 15.7 Å². The van der Waals surface area contributed by atoms with E-state index in [1.54, 1.807) is 6.92 Å². The fourth-order valence-corrected chi connectivity index (χ4v) is 2.23.